The van der Waals surface area contributed by atoms with Crippen LogP contribution in [0.4, 0.5) is 0 Å². The van der Waals surface area contributed by atoms with E-state index in [1.54, 1.807) is 5.56 Å². The Morgan fingerprint density at radius 2 is 1.63 bits per heavy atom. The Bertz CT molecular complexity index is 400. The molecule has 1 aromatic rings. The normalized spacial score (nSPS) is 12.9. The summed E-state index contributed by atoms with van der Waals surface area (Å²) in [6, 6.07) is 6.81. The molecular weight excluding hydrogens is 228 g/mol. The van der Waals surface area contributed by atoms with Gasteiger partial charge in [-0.3, -0.25) is 0 Å². The second-order valence-corrected chi connectivity index (χ2v) is 5.82. The lowest BCUT2D eigenvalue weighted by molar-refractivity contribution is 0.575. The van der Waals surface area contributed by atoms with Crippen molar-refractivity contribution in [2.24, 2.45) is 0 Å². The summed E-state index contributed by atoms with van der Waals surface area (Å²) >= 11 is 0. The highest BCUT2D eigenvalue weighted by Crippen LogP contribution is 2.24. The van der Waals surface area contributed by atoms with Crippen LogP contribution in [0.15, 0.2) is 24.3 Å². The van der Waals surface area contributed by atoms with Crippen LogP contribution in [0.25, 0.3) is 6.08 Å². The van der Waals surface area contributed by atoms with Gasteiger partial charge in [0.1, 0.15) is 0 Å². The van der Waals surface area contributed by atoms with E-state index in [2.05, 4.69) is 37.3 Å². The first-order valence-electron chi connectivity index (χ1n) is 8.19. The Balaban J connectivity index is 1.61. The van der Waals surface area contributed by atoms with Crippen molar-refractivity contribution in [1.29, 1.82) is 0 Å². The van der Waals surface area contributed by atoms with E-state index in [4.69, 9.17) is 0 Å². The van der Waals surface area contributed by atoms with E-state index in [0.29, 0.717) is 0 Å². The molecule has 19 heavy (non-hydrogen) atoms. The Morgan fingerprint density at radius 3 is 2.42 bits per heavy atom. The first-order chi connectivity index (χ1) is 9.42. The van der Waals surface area contributed by atoms with Gasteiger partial charge in [0.2, 0.25) is 0 Å². The summed E-state index contributed by atoms with van der Waals surface area (Å²) in [5.41, 5.74) is 4.61. The zero-order valence-electron chi connectivity index (χ0n) is 12.5. The first kappa shape index (κ1) is 14.4. The molecule has 0 amide bonds. The average molecular weight is 256 g/mol. The molecule has 0 bridgehead atoms. The van der Waals surface area contributed by atoms with Crippen LogP contribution in [-0.2, 0) is 12.8 Å². The van der Waals surface area contributed by atoms with Crippen LogP contribution in [0.5, 0.6) is 0 Å². The van der Waals surface area contributed by atoms with E-state index >= 15 is 0 Å². The van der Waals surface area contributed by atoms with Gasteiger partial charge in [-0.25, -0.2) is 0 Å². The van der Waals surface area contributed by atoms with Crippen molar-refractivity contribution >= 4 is 6.08 Å². The quantitative estimate of drug-likeness (QED) is 0.480. The number of hydrogen-bond acceptors (Lipinski definition) is 0. The van der Waals surface area contributed by atoms with Gasteiger partial charge < -0.3 is 0 Å². The van der Waals surface area contributed by atoms with E-state index in [9.17, 15) is 0 Å². The van der Waals surface area contributed by atoms with E-state index in [0.717, 1.165) is 6.42 Å². The fourth-order valence-electron chi connectivity index (χ4n) is 3.03. The van der Waals surface area contributed by atoms with E-state index in [1.165, 1.54) is 68.9 Å². The van der Waals surface area contributed by atoms with Gasteiger partial charge in [0.15, 0.2) is 0 Å². The fourth-order valence-corrected chi connectivity index (χ4v) is 3.03. The lowest BCUT2D eigenvalue weighted by Crippen LogP contribution is -1.92. The van der Waals surface area contributed by atoms with Crippen LogP contribution in [0.2, 0.25) is 0 Å². The van der Waals surface area contributed by atoms with Gasteiger partial charge in [0.25, 0.3) is 0 Å². The molecule has 1 aliphatic rings. The van der Waals surface area contributed by atoms with Crippen LogP contribution < -0.4 is 0 Å². The number of benzene rings is 1. The smallest absolute Gasteiger partial charge is 0.00881 e. The van der Waals surface area contributed by atoms with Gasteiger partial charge in [0, 0.05) is 0 Å². The summed E-state index contributed by atoms with van der Waals surface area (Å²) in [6.07, 6.45) is 18.3. The number of fused-ring (bicyclic) bond motifs is 1. The molecule has 0 spiro atoms. The first-order valence-corrected chi connectivity index (χ1v) is 8.19. The van der Waals surface area contributed by atoms with E-state index < -0.39 is 0 Å². The van der Waals surface area contributed by atoms with Crippen molar-refractivity contribution in [2.75, 3.05) is 0 Å². The Hall–Kier alpha value is -1.04. The van der Waals surface area contributed by atoms with Gasteiger partial charge >= 0.3 is 0 Å². The molecule has 0 saturated heterocycles. The van der Waals surface area contributed by atoms with Gasteiger partial charge in [0.05, 0.1) is 0 Å². The molecule has 0 heterocycles. The summed E-state index contributed by atoms with van der Waals surface area (Å²) in [5.74, 6) is 0. The third-order valence-corrected chi connectivity index (χ3v) is 4.21. The molecular formula is C19H28. The fraction of sp³-hybridized carbons (Fsp3) is 0.579. The van der Waals surface area contributed by atoms with E-state index in [-0.39, 0.29) is 0 Å². The van der Waals surface area contributed by atoms with Gasteiger partial charge in [-0.15, -0.1) is 0 Å². The maximum Gasteiger partial charge on any atom is -0.00881 e. The van der Waals surface area contributed by atoms with E-state index in [1.807, 2.05) is 0 Å². The third-order valence-electron chi connectivity index (χ3n) is 4.21. The molecule has 0 fully saturated rings. The van der Waals surface area contributed by atoms with Crippen molar-refractivity contribution in [1.82, 2.24) is 0 Å². The molecule has 0 N–H and O–H groups in total. The van der Waals surface area contributed by atoms with Gasteiger partial charge in [-0.05, 0) is 36.0 Å². The molecule has 0 aliphatic heterocycles. The number of allylic oxidation sites excluding steroid dienone is 1. The Kier molecular flexibility index (Phi) is 6.20. The topological polar surface area (TPSA) is 0 Å². The van der Waals surface area contributed by atoms with Gasteiger partial charge in [-0.2, -0.15) is 0 Å². The number of hydrogen-bond donors (Lipinski definition) is 0. The minimum absolute atomic E-state index is 1.14. The molecule has 0 radical (unpaired) electrons. The van der Waals surface area contributed by atoms with Crippen LogP contribution in [0.1, 0.15) is 75.0 Å². The van der Waals surface area contributed by atoms with Crippen LogP contribution in [0, 0.1) is 0 Å². The summed E-state index contributed by atoms with van der Waals surface area (Å²) in [4.78, 5) is 0. The molecule has 2 rings (SSSR count). The standard InChI is InChI=1S/C19H28/c1-2-3-4-5-6-7-8-9-12-17-13-10-14-18-15-11-16-19(17)18/h10-11,13-14,16H,2-9,12,15H2,1H3. The zero-order chi connectivity index (χ0) is 13.3. The second-order valence-electron chi connectivity index (χ2n) is 5.82. The maximum absolute atomic E-state index is 2.32. The molecule has 0 unspecified atom stereocenters. The molecule has 104 valence electrons. The molecule has 0 atom stereocenters. The van der Waals surface area contributed by atoms with Crippen LogP contribution >= 0.6 is 0 Å². The minimum Gasteiger partial charge on any atom is -0.0795 e. The Labute approximate surface area is 118 Å². The highest BCUT2D eigenvalue weighted by molar-refractivity contribution is 5.63. The predicted molar refractivity (Wildman–Crippen MR) is 85.5 cm³/mol. The van der Waals surface area contributed by atoms with Crippen molar-refractivity contribution < 1.29 is 0 Å². The minimum atomic E-state index is 1.14. The van der Waals surface area contributed by atoms with Crippen molar-refractivity contribution in [3.05, 3.63) is 41.0 Å². The van der Waals surface area contributed by atoms with Gasteiger partial charge in [-0.1, -0.05) is 82.2 Å². The molecule has 0 nitrogen and oxygen atoms in total. The molecule has 0 aromatic heterocycles. The monoisotopic (exact) mass is 256 g/mol. The number of unbranched alkanes of at least 4 members (excludes halogenated alkanes) is 7. The van der Waals surface area contributed by atoms with Crippen molar-refractivity contribution in [2.45, 2.75) is 71.1 Å². The molecule has 1 aliphatic carbocycles. The lowest BCUT2D eigenvalue weighted by Gasteiger charge is -2.07. The van der Waals surface area contributed by atoms with Crippen LogP contribution in [-0.4, -0.2) is 0 Å². The highest BCUT2D eigenvalue weighted by Gasteiger charge is 2.08. The maximum atomic E-state index is 2.32. The molecule has 0 saturated carbocycles. The summed E-state index contributed by atoms with van der Waals surface area (Å²) in [6.45, 7) is 2.28. The average Bonchev–Trinajstić information content (AvgIpc) is 2.91. The number of rotatable bonds is 9. The van der Waals surface area contributed by atoms with Crippen LogP contribution in [0.3, 0.4) is 0 Å². The van der Waals surface area contributed by atoms with Crippen molar-refractivity contribution in [3.8, 4) is 0 Å². The third kappa shape index (κ3) is 4.53. The predicted octanol–water partition coefficient (Wildman–Crippen LogP) is 5.94. The molecule has 0 heteroatoms. The lowest BCUT2D eigenvalue weighted by atomic mass is 9.98. The second kappa shape index (κ2) is 8.19. The summed E-state index contributed by atoms with van der Waals surface area (Å²) in [7, 11) is 0. The SMILES string of the molecule is CCCCCCCCCCc1cccc2c1C=CC2. The number of aryl methyl sites for hydroxylation is 1. The largest absolute Gasteiger partial charge is 0.0795 e. The summed E-state index contributed by atoms with van der Waals surface area (Å²) in [5, 5.41) is 0. The van der Waals surface area contributed by atoms with Crippen molar-refractivity contribution in [3.63, 3.8) is 0 Å². The Morgan fingerprint density at radius 1 is 0.895 bits per heavy atom. The highest BCUT2D eigenvalue weighted by atomic mass is 14.1. The summed E-state index contributed by atoms with van der Waals surface area (Å²) < 4.78 is 0. The zero-order valence-corrected chi connectivity index (χ0v) is 12.5. The molecule has 1 aromatic carbocycles.